The van der Waals surface area contributed by atoms with Crippen LogP contribution in [-0.4, -0.2) is 15.0 Å². The van der Waals surface area contributed by atoms with Crippen LogP contribution in [-0.2, 0) is 0 Å². The van der Waals surface area contributed by atoms with Gasteiger partial charge in [0.1, 0.15) is 11.2 Å². The van der Waals surface area contributed by atoms with E-state index in [4.69, 9.17) is 19.4 Å². The molecule has 4 nitrogen and oxygen atoms in total. The normalized spacial score (nSPS) is 12.6. The van der Waals surface area contributed by atoms with E-state index in [1.807, 2.05) is 18.2 Å². The Hall–Kier alpha value is -8.21. The van der Waals surface area contributed by atoms with Crippen molar-refractivity contribution in [3.05, 3.63) is 234 Å². The van der Waals surface area contributed by atoms with Crippen molar-refractivity contribution in [2.75, 3.05) is 0 Å². The fourth-order valence-corrected chi connectivity index (χ4v) is 9.40. The number of furan rings is 1. The van der Waals surface area contributed by atoms with E-state index in [-0.39, 0.29) is 0 Å². The Labute approximate surface area is 364 Å². The van der Waals surface area contributed by atoms with E-state index in [1.54, 1.807) is 0 Å². The fraction of sp³-hybridized carbons (Fsp3) is 0.0339. The minimum atomic E-state index is 0.656. The number of nitrogens with zero attached hydrogens (tertiary/aromatic N) is 3. The third-order valence-electron chi connectivity index (χ3n) is 12.5. The molecule has 4 heteroatoms. The standard InChI is InChI=1S/C59H39N3O/c1-3-14-38(15-4-1)44-20-11-21-46(37-44)47-24-12-26-53-55-51(25-13-27-54(55)63-56(47)53)50-34-35-52(49-23-10-9-22-48(49)50)59-61-57(41-17-5-2-6-18-41)60-58(62-59)42-31-28-40(29-32-42)45-33-30-39-16-7-8-19-43(39)36-45/h1-33,36-37H,34-35H2. The van der Waals surface area contributed by atoms with Crippen LogP contribution >= 0.6 is 0 Å². The molecule has 0 unspecified atom stereocenters. The Morgan fingerprint density at radius 3 is 1.65 bits per heavy atom. The van der Waals surface area contributed by atoms with Crippen LogP contribution in [0.1, 0.15) is 24.2 Å². The molecule has 1 aliphatic rings. The third-order valence-corrected chi connectivity index (χ3v) is 12.5. The molecule has 9 aromatic carbocycles. The molecule has 0 bridgehead atoms. The molecule has 0 fully saturated rings. The lowest BCUT2D eigenvalue weighted by atomic mass is 9.87. The molecular weight excluding hydrogens is 767 g/mol. The van der Waals surface area contributed by atoms with Gasteiger partial charge in [0.25, 0.3) is 0 Å². The van der Waals surface area contributed by atoms with Crippen molar-refractivity contribution in [2.24, 2.45) is 0 Å². The fourth-order valence-electron chi connectivity index (χ4n) is 9.40. The molecule has 0 N–H and O–H groups in total. The number of fused-ring (bicyclic) bond motifs is 5. The van der Waals surface area contributed by atoms with E-state index in [9.17, 15) is 0 Å². The smallest absolute Gasteiger partial charge is 0.164 e. The molecule has 0 radical (unpaired) electrons. The SMILES string of the molecule is c1ccc(-c2cccc(-c3cccc4c3oc3cccc(C5=c6ccccc6=C(c6nc(-c7ccccc7)nc(-c7ccc(-c8ccc9ccccc9c8)cc7)n6)CC5)c34)c2)cc1. The van der Waals surface area contributed by atoms with Crippen LogP contribution in [0.25, 0.3) is 100 Å². The summed E-state index contributed by atoms with van der Waals surface area (Å²) in [5.74, 6) is 2.02. The van der Waals surface area contributed by atoms with Crippen molar-refractivity contribution in [1.82, 2.24) is 15.0 Å². The average molecular weight is 806 g/mol. The van der Waals surface area contributed by atoms with Gasteiger partial charge in [0.2, 0.25) is 0 Å². The summed E-state index contributed by atoms with van der Waals surface area (Å²) in [6.07, 6.45) is 1.59. The van der Waals surface area contributed by atoms with Gasteiger partial charge in [0.15, 0.2) is 17.5 Å². The minimum absolute atomic E-state index is 0.656. The first-order valence-electron chi connectivity index (χ1n) is 21.6. The summed E-state index contributed by atoms with van der Waals surface area (Å²) in [5.41, 5.74) is 14.2. The van der Waals surface area contributed by atoms with E-state index in [0.717, 1.165) is 73.4 Å². The Bertz CT molecular complexity index is 3670. The van der Waals surface area contributed by atoms with Crippen LogP contribution < -0.4 is 10.4 Å². The van der Waals surface area contributed by atoms with Crippen molar-refractivity contribution < 1.29 is 4.42 Å². The summed E-state index contributed by atoms with van der Waals surface area (Å²) < 4.78 is 6.81. The molecule has 0 amide bonds. The summed E-state index contributed by atoms with van der Waals surface area (Å²) in [5, 5.41) is 7.05. The Kier molecular flexibility index (Phi) is 8.93. The maximum absolute atomic E-state index is 6.81. The van der Waals surface area contributed by atoms with E-state index in [1.165, 1.54) is 43.8 Å². The molecule has 0 spiro atoms. The van der Waals surface area contributed by atoms with E-state index in [0.29, 0.717) is 17.5 Å². The number of aromatic nitrogens is 3. The molecule has 0 saturated heterocycles. The molecule has 1 aliphatic carbocycles. The molecular formula is C59H39N3O. The zero-order valence-electron chi connectivity index (χ0n) is 34.4. The first-order chi connectivity index (χ1) is 31.2. The Morgan fingerprint density at radius 1 is 0.333 bits per heavy atom. The van der Waals surface area contributed by atoms with E-state index in [2.05, 4.69) is 194 Å². The molecule has 0 aliphatic heterocycles. The highest BCUT2D eigenvalue weighted by atomic mass is 16.3. The number of para-hydroxylation sites is 1. The minimum Gasteiger partial charge on any atom is -0.455 e. The van der Waals surface area contributed by atoms with Gasteiger partial charge in [0.05, 0.1) is 0 Å². The summed E-state index contributed by atoms with van der Waals surface area (Å²) in [6, 6.07) is 74.9. The van der Waals surface area contributed by atoms with Gasteiger partial charge in [0, 0.05) is 33.0 Å². The average Bonchev–Trinajstić information content (AvgIpc) is 3.76. The van der Waals surface area contributed by atoms with Crippen LogP contribution in [0.2, 0.25) is 0 Å². The maximum atomic E-state index is 6.81. The predicted octanol–water partition coefficient (Wildman–Crippen LogP) is 13.5. The van der Waals surface area contributed by atoms with Crippen molar-refractivity contribution >= 4 is 43.9 Å². The summed E-state index contributed by atoms with van der Waals surface area (Å²) in [4.78, 5) is 15.5. The number of hydrogen-bond donors (Lipinski definition) is 0. The van der Waals surface area contributed by atoms with Gasteiger partial charge in [-0.3, -0.25) is 0 Å². The molecule has 296 valence electrons. The second-order valence-corrected chi connectivity index (χ2v) is 16.2. The van der Waals surface area contributed by atoms with Crippen LogP contribution in [0.5, 0.6) is 0 Å². The molecule has 0 saturated carbocycles. The predicted molar refractivity (Wildman–Crippen MR) is 258 cm³/mol. The van der Waals surface area contributed by atoms with Gasteiger partial charge >= 0.3 is 0 Å². The van der Waals surface area contributed by atoms with Crippen LogP contribution in [0, 0.1) is 0 Å². The lowest BCUT2D eigenvalue weighted by Gasteiger charge is -2.18. The Balaban J connectivity index is 0.993. The van der Waals surface area contributed by atoms with E-state index >= 15 is 0 Å². The quantitative estimate of drug-likeness (QED) is 0.161. The van der Waals surface area contributed by atoms with Crippen LogP contribution in [0.4, 0.5) is 0 Å². The lowest BCUT2D eigenvalue weighted by molar-refractivity contribution is 0.670. The summed E-state index contributed by atoms with van der Waals surface area (Å²) in [7, 11) is 0. The van der Waals surface area contributed by atoms with Crippen molar-refractivity contribution in [1.29, 1.82) is 0 Å². The van der Waals surface area contributed by atoms with Crippen molar-refractivity contribution in [2.45, 2.75) is 12.8 Å². The van der Waals surface area contributed by atoms with Crippen molar-refractivity contribution in [3.8, 4) is 56.2 Å². The van der Waals surface area contributed by atoms with Gasteiger partial charge in [-0.25, -0.2) is 15.0 Å². The lowest BCUT2D eigenvalue weighted by Crippen LogP contribution is -2.33. The topological polar surface area (TPSA) is 51.8 Å². The van der Waals surface area contributed by atoms with Crippen LogP contribution in [0.15, 0.2) is 217 Å². The zero-order chi connectivity index (χ0) is 41.7. The maximum Gasteiger partial charge on any atom is 0.164 e. The molecule has 2 aromatic heterocycles. The highest BCUT2D eigenvalue weighted by Crippen LogP contribution is 2.41. The van der Waals surface area contributed by atoms with E-state index < -0.39 is 0 Å². The molecule has 11 aromatic rings. The monoisotopic (exact) mass is 805 g/mol. The van der Waals surface area contributed by atoms with Gasteiger partial charge in [-0.2, -0.15) is 0 Å². The summed E-state index contributed by atoms with van der Waals surface area (Å²) >= 11 is 0. The number of benzene rings is 9. The number of hydrogen-bond acceptors (Lipinski definition) is 4. The first-order valence-corrected chi connectivity index (χ1v) is 21.6. The van der Waals surface area contributed by atoms with Crippen LogP contribution in [0.3, 0.4) is 0 Å². The van der Waals surface area contributed by atoms with Crippen molar-refractivity contribution in [3.63, 3.8) is 0 Å². The third kappa shape index (κ3) is 6.61. The second kappa shape index (κ2) is 15.4. The Morgan fingerprint density at radius 2 is 0.857 bits per heavy atom. The highest BCUT2D eigenvalue weighted by molar-refractivity contribution is 6.13. The molecule has 0 atom stereocenters. The van der Waals surface area contributed by atoms with Gasteiger partial charge < -0.3 is 4.42 Å². The highest BCUT2D eigenvalue weighted by Gasteiger charge is 2.22. The van der Waals surface area contributed by atoms with Gasteiger partial charge in [-0.05, 0) is 91.2 Å². The van der Waals surface area contributed by atoms with Gasteiger partial charge in [-0.1, -0.05) is 194 Å². The van der Waals surface area contributed by atoms with Gasteiger partial charge in [-0.15, -0.1) is 0 Å². The molecule has 12 rings (SSSR count). The first kappa shape index (κ1) is 36.6. The number of rotatable bonds is 7. The zero-order valence-corrected chi connectivity index (χ0v) is 34.4. The molecule has 63 heavy (non-hydrogen) atoms. The summed E-state index contributed by atoms with van der Waals surface area (Å²) in [6.45, 7) is 0. The largest absolute Gasteiger partial charge is 0.455 e. The second-order valence-electron chi connectivity index (χ2n) is 16.2. The molecule has 2 heterocycles.